The van der Waals surface area contributed by atoms with Crippen LogP contribution in [0.3, 0.4) is 0 Å². The van der Waals surface area contributed by atoms with E-state index in [2.05, 4.69) is 44.0 Å². The summed E-state index contributed by atoms with van der Waals surface area (Å²) in [4.78, 5) is 19.0. The number of nitrogens with one attached hydrogen (secondary N) is 3. The molecule has 0 unspecified atom stereocenters. The highest BCUT2D eigenvalue weighted by Crippen LogP contribution is 2.18. The third-order valence-corrected chi connectivity index (χ3v) is 7.46. The van der Waals surface area contributed by atoms with E-state index in [4.69, 9.17) is 0 Å². The quantitative estimate of drug-likeness (QED) is 0.288. The molecule has 0 aliphatic carbocycles. The molecule has 0 aliphatic heterocycles. The van der Waals surface area contributed by atoms with Crippen LogP contribution < -0.4 is 10.0 Å². The Hall–Kier alpha value is -3.08. The molecule has 0 fully saturated rings. The molecule has 0 aliphatic rings. The molecular formula is C26H36N6O3S. The molecule has 194 valence electrons. The lowest BCUT2D eigenvalue weighted by Gasteiger charge is -2.19. The topological polar surface area (TPSA) is 120 Å². The van der Waals surface area contributed by atoms with E-state index in [9.17, 15) is 13.2 Å². The number of hydrogen-bond acceptors (Lipinski definition) is 6. The van der Waals surface area contributed by atoms with Gasteiger partial charge in [-0.1, -0.05) is 62.4 Å². The molecule has 36 heavy (non-hydrogen) atoms. The van der Waals surface area contributed by atoms with Crippen molar-refractivity contribution in [3.8, 4) is 0 Å². The number of H-pyrrole nitrogens is 1. The van der Waals surface area contributed by atoms with Crippen LogP contribution in [-0.2, 0) is 23.0 Å². The van der Waals surface area contributed by atoms with Gasteiger partial charge < -0.3 is 10.2 Å². The van der Waals surface area contributed by atoms with Gasteiger partial charge in [0.2, 0.25) is 10.0 Å². The van der Waals surface area contributed by atoms with Crippen LogP contribution in [0.5, 0.6) is 0 Å². The van der Waals surface area contributed by atoms with Crippen LogP contribution in [0.1, 0.15) is 60.3 Å². The number of hydrogen-bond donors (Lipinski definition) is 3. The van der Waals surface area contributed by atoms with Gasteiger partial charge >= 0.3 is 0 Å². The molecular weight excluding hydrogens is 476 g/mol. The number of carbonyl (C=O) groups excluding carboxylic acids is 1. The summed E-state index contributed by atoms with van der Waals surface area (Å²) in [5, 5.41) is 9.87. The molecule has 10 heteroatoms. The first-order valence-corrected chi connectivity index (χ1v) is 14.1. The van der Waals surface area contributed by atoms with Gasteiger partial charge in [0.05, 0.1) is 18.3 Å². The first-order chi connectivity index (χ1) is 17.4. The highest BCUT2D eigenvalue weighted by Gasteiger charge is 2.23. The van der Waals surface area contributed by atoms with Crippen molar-refractivity contribution in [1.82, 2.24) is 30.1 Å². The second-order valence-electron chi connectivity index (χ2n) is 8.58. The van der Waals surface area contributed by atoms with Crippen LogP contribution in [-0.4, -0.2) is 59.8 Å². The van der Waals surface area contributed by atoms with Crippen molar-refractivity contribution in [3.05, 3.63) is 83.4 Å². The number of sulfonamides is 1. The number of benzene rings is 2. The zero-order chi connectivity index (χ0) is 25.8. The minimum Gasteiger partial charge on any atom is -0.345 e. The fourth-order valence-corrected chi connectivity index (χ4v) is 5.19. The highest BCUT2D eigenvalue weighted by atomic mass is 32.2. The predicted octanol–water partition coefficient (Wildman–Crippen LogP) is 3.06. The molecule has 1 aromatic heterocycles. The van der Waals surface area contributed by atoms with Crippen molar-refractivity contribution in [2.75, 3.05) is 25.4 Å². The van der Waals surface area contributed by atoms with Gasteiger partial charge in [-0.25, -0.2) is 18.1 Å². The highest BCUT2D eigenvalue weighted by molar-refractivity contribution is 7.89. The van der Waals surface area contributed by atoms with E-state index in [-0.39, 0.29) is 18.2 Å². The van der Waals surface area contributed by atoms with Crippen LogP contribution >= 0.6 is 0 Å². The average molecular weight is 513 g/mol. The summed E-state index contributed by atoms with van der Waals surface area (Å²) in [7, 11) is -3.53. The number of rotatable bonds is 15. The van der Waals surface area contributed by atoms with Gasteiger partial charge in [0.15, 0.2) is 5.82 Å². The molecule has 0 saturated carbocycles. The van der Waals surface area contributed by atoms with Crippen molar-refractivity contribution in [1.29, 1.82) is 0 Å². The van der Waals surface area contributed by atoms with E-state index in [0.29, 0.717) is 36.5 Å². The molecule has 0 saturated heterocycles. The van der Waals surface area contributed by atoms with Gasteiger partial charge in [-0.3, -0.25) is 9.89 Å². The molecule has 9 nitrogen and oxygen atoms in total. The normalized spacial score (nSPS) is 12.5. The molecule has 3 N–H and O–H groups in total. The van der Waals surface area contributed by atoms with Gasteiger partial charge in [0.1, 0.15) is 5.82 Å². The summed E-state index contributed by atoms with van der Waals surface area (Å²) in [5.41, 5.74) is 1.66. The lowest BCUT2D eigenvalue weighted by atomic mass is 10.1. The average Bonchev–Trinajstić information content (AvgIpc) is 3.38. The molecule has 3 rings (SSSR count). The molecule has 2 aromatic carbocycles. The van der Waals surface area contributed by atoms with Crippen molar-refractivity contribution >= 4 is 15.9 Å². The Kier molecular flexibility index (Phi) is 10.6. The van der Waals surface area contributed by atoms with E-state index in [1.165, 1.54) is 0 Å². The Morgan fingerprint density at radius 2 is 1.69 bits per heavy atom. The zero-order valence-corrected chi connectivity index (χ0v) is 21.8. The first-order valence-electron chi connectivity index (χ1n) is 12.4. The Labute approximate surface area is 213 Å². The van der Waals surface area contributed by atoms with Crippen LogP contribution in [0.2, 0.25) is 0 Å². The summed E-state index contributed by atoms with van der Waals surface area (Å²) in [6, 6.07) is 18.2. The molecule has 0 radical (unpaired) electrons. The summed E-state index contributed by atoms with van der Waals surface area (Å²) in [6.07, 6.45) is 1.74. The maximum atomic E-state index is 12.9. The Morgan fingerprint density at radius 1 is 1.03 bits per heavy atom. The van der Waals surface area contributed by atoms with Crippen LogP contribution in [0.25, 0.3) is 0 Å². The maximum Gasteiger partial charge on any atom is 0.251 e. The maximum absolute atomic E-state index is 12.9. The lowest BCUT2D eigenvalue weighted by molar-refractivity contribution is 0.0950. The van der Waals surface area contributed by atoms with E-state index < -0.39 is 16.1 Å². The Balaban J connectivity index is 1.65. The van der Waals surface area contributed by atoms with Crippen molar-refractivity contribution < 1.29 is 13.2 Å². The minimum absolute atomic E-state index is 0.0411. The van der Waals surface area contributed by atoms with Gasteiger partial charge in [-0.2, -0.15) is 5.10 Å². The van der Waals surface area contributed by atoms with Gasteiger partial charge in [0.25, 0.3) is 5.91 Å². The third kappa shape index (κ3) is 8.85. The molecule has 0 spiro atoms. The number of nitrogens with zero attached hydrogens (tertiary/aromatic N) is 3. The molecule has 1 amide bonds. The van der Waals surface area contributed by atoms with E-state index in [1.54, 1.807) is 24.3 Å². The monoisotopic (exact) mass is 512 g/mol. The number of aromatic nitrogens is 3. The minimum atomic E-state index is -3.53. The van der Waals surface area contributed by atoms with E-state index in [0.717, 1.165) is 25.2 Å². The van der Waals surface area contributed by atoms with Gasteiger partial charge in [-0.15, -0.1) is 0 Å². The fourth-order valence-electron chi connectivity index (χ4n) is 3.90. The van der Waals surface area contributed by atoms with E-state index in [1.807, 2.05) is 36.4 Å². The standard InChI is InChI=1S/C26H36N6O3S/c1-3-32(4-2)18-11-19-36(34,35)31-23(17-16-21-12-7-5-8-13-21)25-28-24(29-30-25)20-27-26(33)22-14-9-6-10-15-22/h5-10,12-15,23,31H,3-4,11,16-20H2,1-2H3,(H,27,33)(H,28,29,30)/t23-/m1/s1. The molecule has 1 atom stereocenters. The van der Waals surface area contributed by atoms with Crippen molar-refractivity contribution in [2.45, 2.75) is 45.7 Å². The molecule has 0 bridgehead atoms. The van der Waals surface area contributed by atoms with Gasteiger partial charge in [0, 0.05) is 5.56 Å². The number of carbonyl (C=O) groups is 1. The second kappa shape index (κ2) is 13.9. The first kappa shape index (κ1) is 27.5. The van der Waals surface area contributed by atoms with Crippen molar-refractivity contribution in [3.63, 3.8) is 0 Å². The van der Waals surface area contributed by atoms with Crippen LogP contribution in [0.4, 0.5) is 0 Å². The summed E-state index contributed by atoms with van der Waals surface area (Å²) in [6.45, 7) is 6.79. The summed E-state index contributed by atoms with van der Waals surface area (Å²) in [5.74, 6) is 0.637. The SMILES string of the molecule is CCN(CC)CCCS(=O)(=O)N[C@H](CCc1ccccc1)c1nc(CNC(=O)c2ccccc2)n[nH]1. The van der Waals surface area contributed by atoms with Gasteiger partial charge in [-0.05, 0) is 56.6 Å². The second-order valence-corrected chi connectivity index (χ2v) is 10.5. The van der Waals surface area contributed by atoms with Crippen LogP contribution in [0.15, 0.2) is 60.7 Å². The summed E-state index contributed by atoms with van der Waals surface area (Å²) < 4.78 is 28.7. The molecule has 3 aromatic rings. The number of aromatic amines is 1. The Morgan fingerprint density at radius 3 is 2.36 bits per heavy atom. The van der Waals surface area contributed by atoms with Crippen molar-refractivity contribution in [2.24, 2.45) is 0 Å². The van der Waals surface area contributed by atoms with Crippen LogP contribution in [0, 0.1) is 0 Å². The smallest absolute Gasteiger partial charge is 0.251 e. The third-order valence-electron chi connectivity index (χ3n) is 5.99. The fraction of sp³-hybridized carbons (Fsp3) is 0.423. The zero-order valence-electron chi connectivity index (χ0n) is 21.0. The van der Waals surface area contributed by atoms with E-state index >= 15 is 0 Å². The molecule has 1 heterocycles. The Bertz CT molecular complexity index is 1160. The lowest BCUT2D eigenvalue weighted by Crippen LogP contribution is -2.33. The predicted molar refractivity (Wildman–Crippen MR) is 141 cm³/mol. The summed E-state index contributed by atoms with van der Waals surface area (Å²) >= 11 is 0. The largest absolute Gasteiger partial charge is 0.345 e. The number of amides is 1. The number of aryl methyl sites for hydroxylation is 1.